The number of aromatic nitrogens is 1. The second-order valence-corrected chi connectivity index (χ2v) is 6.80. The summed E-state index contributed by atoms with van der Waals surface area (Å²) in [6.07, 6.45) is 0. The summed E-state index contributed by atoms with van der Waals surface area (Å²) in [5, 5.41) is 1.81. The van der Waals surface area contributed by atoms with Gasteiger partial charge in [-0.05, 0) is 36.8 Å². The molecule has 0 aliphatic rings. The summed E-state index contributed by atoms with van der Waals surface area (Å²) < 4.78 is 16.1. The summed E-state index contributed by atoms with van der Waals surface area (Å²) in [5.74, 6) is 1.38. The molecule has 0 aliphatic heterocycles. The van der Waals surface area contributed by atoms with E-state index in [-0.39, 0.29) is 18.3 Å². The minimum atomic E-state index is -0.295. The van der Waals surface area contributed by atoms with E-state index in [4.69, 9.17) is 14.2 Å². The van der Waals surface area contributed by atoms with Crippen LogP contribution in [0.25, 0.3) is 10.9 Å². The highest BCUT2D eigenvalue weighted by Gasteiger charge is 2.10. The van der Waals surface area contributed by atoms with Crippen LogP contribution in [-0.2, 0) is 9.53 Å². The maximum atomic E-state index is 11.9. The number of pyridine rings is 1. The van der Waals surface area contributed by atoms with Gasteiger partial charge in [0.25, 0.3) is 0 Å². The number of benzene rings is 2. The molecule has 0 amide bonds. The van der Waals surface area contributed by atoms with Crippen molar-refractivity contribution in [1.29, 1.82) is 0 Å². The van der Waals surface area contributed by atoms with E-state index in [2.05, 4.69) is 4.98 Å². The Labute approximate surface area is 162 Å². The molecule has 3 aromatic rings. The zero-order valence-corrected chi connectivity index (χ0v) is 16.1. The van der Waals surface area contributed by atoms with Crippen LogP contribution in [0.5, 0.6) is 11.5 Å². The van der Waals surface area contributed by atoms with Gasteiger partial charge < -0.3 is 14.2 Å². The first-order valence-corrected chi connectivity index (χ1v) is 9.56. The molecule has 0 N–H and O–H groups in total. The SMILES string of the molecule is COc1cccc2c(C)cc(SCC(=O)OCCOc3ccccc3)nc12. The first-order chi connectivity index (χ1) is 13.2. The molecule has 0 spiro atoms. The predicted molar refractivity (Wildman–Crippen MR) is 107 cm³/mol. The molecule has 140 valence electrons. The molecule has 0 atom stereocenters. The number of aryl methyl sites for hydroxylation is 1. The summed E-state index contributed by atoms with van der Waals surface area (Å²) in [6.45, 7) is 2.56. The lowest BCUT2D eigenvalue weighted by atomic mass is 10.1. The van der Waals surface area contributed by atoms with E-state index in [0.29, 0.717) is 6.61 Å². The van der Waals surface area contributed by atoms with Crippen molar-refractivity contribution in [3.63, 3.8) is 0 Å². The van der Waals surface area contributed by atoms with Crippen molar-refractivity contribution >= 4 is 28.6 Å². The number of nitrogens with zero attached hydrogens (tertiary/aromatic N) is 1. The molecule has 0 radical (unpaired) electrons. The molecule has 3 rings (SSSR count). The lowest BCUT2D eigenvalue weighted by molar-refractivity contribution is -0.141. The highest BCUT2D eigenvalue weighted by molar-refractivity contribution is 7.99. The second kappa shape index (κ2) is 9.28. The summed E-state index contributed by atoms with van der Waals surface area (Å²) in [7, 11) is 1.63. The molecule has 6 heteroatoms. The van der Waals surface area contributed by atoms with Gasteiger partial charge in [0.05, 0.1) is 17.9 Å². The molecule has 5 nitrogen and oxygen atoms in total. The minimum absolute atomic E-state index is 0.193. The quantitative estimate of drug-likeness (QED) is 0.329. The van der Waals surface area contributed by atoms with Crippen LogP contribution in [0.4, 0.5) is 0 Å². The smallest absolute Gasteiger partial charge is 0.316 e. The Balaban J connectivity index is 1.51. The van der Waals surface area contributed by atoms with Crippen molar-refractivity contribution in [2.75, 3.05) is 26.1 Å². The normalized spacial score (nSPS) is 10.6. The van der Waals surface area contributed by atoms with Crippen LogP contribution in [0.1, 0.15) is 5.56 Å². The number of carbonyl (C=O) groups excluding carboxylic acids is 1. The number of ether oxygens (including phenoxy) is 3. The number of hydrogen-bond donors (Lipinski definition) is 0. The number of para-hydroxylation sites is 2. The monoisotopic (exact) mass is 383 g/mol. The Hall–Kier alpha value is -2.73. The summed E-state index contributed by atoms with van der Waals surface area (Å²) >= 11 is 1.35. The molecule has 27 heavy (non-hydrogen) atoms. The molecular formula is C21H21NO4S. The maximum Gasteiger partial charge on any atom is 0.316 e. The van der Waals surface area contributed by atoms with Gasteiger partial charge in [-0.1, -0.05) is 42.1 Å². The Morgan fingerprint density at radius 3 is 2.67 bits per heavy atom. The van der Waals surface area contributed by atoms with E-state index >= 15 is 0 Å². The first kappa shape index (κ1) is 19.0. The Morgan fingerprint density at radius 1 is 1.07 bits per heavy atom. The van der Waals surface area contributed by atoms with E-state index in [0.717, 1.165) is 33.0 Å². The van der Waals surface area contributed by atoms with Crippen molar-refractivity contribution < 1.29 is 19.0 Å². The number of esters is 1. The first-order valence-electron chi connectivity index (χ1n) is 8.58. The zero-order valence-electron chi connectivity index (χ0n) is 15.3. The molecule has 1 heterocycles. The molecule has 0 bridgehead atoms. The number of fused-ring (bicyclic) bond motifs is 1. The van der Waals surface area contributed by atoms with Crippen molar-refractivity contribution in [3.8, 4) is 11.5 Å². The molecule has 0 saturated heterocycles. The van der Waals surface area contributed by atoms with E-state index in [1.165, 1.54) is 11.8 Å². The van der Waals surface area contributed by atoms with Crippen molar-refractivity contribution in [1.82, 2.24) is 4.98 Å². The van der Waals surface area contributed by atoms with E-state index in [9.17, 15) is 4.79 Å². The molecule has 0 fully saturated rings. The third kappa shape index (κ3) is 5.14. The second-order valence-electron chi connectivity index (χ2n) is 5.80. The average molecular weight is 383 g/mol. The van der Waals surface area contributed by atoms with Crippen LogP contribution in [0.15, 0.2) is 59.6 Å². The highest BCUT2D eigenvalue weighted by Crippen LogP contribution is 2.29. The third-order valence-electron chi connectivity index (χ3n) is 3.90. The van der Waals surface area contributed by atoms with Crippen molar-refractivity contribution in [3.05, 3.63) is 60.2 Å². The molecule has 1 aromatic heterocycles. The Morgan fingerprint density at radius 2 is 1.89 bits per heavy atom. The number of carbonyl (C=O) groups is 1. The van der Waals surface area contributed by atoms with Crippen LogP contribution < -0.4 is 9.47 Å². The number of thioether (sulfide) groups is 1. The van der Waals surface area contributed by atoms with Crippen LogP contribution in [0.3, 0.4) is 0 Å². The van der Waals surface area contributed by atoms with Gasteiger partial charge in [-0.3, -0.25) is 4.79 Å². The van der Waals surface area contributed by atoms with Gasteiger partial charge in [0.15, 0.2) is 0 Å². The van der Waals surface area contributed by atoms with Gasteiger partial charge in [-0.15, -0.1) is 0 Å². The summed E-state index contributed by atoms with van der Waals surface area (Å²) in [4.78, 5) is 16.6. The lowest BCUT2D eigenvalue weighted by Gasteiger charge is -2.10. The van der Waals surface area contributed by atoms with Gasteiger partial charge in [0.2, 0.25) is 0 Å². The van der Waals surface area contributed by atoms with Crippen molar-refractivity contribution in [2.24, 2.45) is 0 Å². The van der Waals surface area contributed by atoms with Crippen LogP contribution in [-0.4, -0.2) is 37.0 Å². The lowest BCUT2D eigenvalue weighted by Crippen LogP contribution is -2.13. The average Bonchev–Trinajstić information content (AvgIpc) is 2.70. The predicted octanol–water partition coefficient (Wildman–Crippen LogP) is 4.27. The van der Waals surface area contributed by atoms with Gasteiger partial charge in [0, 0.05) is 5.39 Å². The number of hydrogen-bond acceptors (Lipinski definition) is 6. The van der Waals surface area contributed by atoms with Gasteiger partial charge >= 0.3 is 5.97 Å². The molecule has 0 aliphatic carbocycles. The van der Waals surface area contributed by atoms with Crippen LogP contribution >= 0.6 is 11.8 Å². The largest absolute Gasteiger partial charge is 0.494 e. The molecule has 0 unspecified atom stereocenters. The fraction of sp³-hybridized carbons (Fsp3) is 0.238. The zero-order chi connectivity index (χ0) is 19.1. The van der Waals surface area contributed by atoms with Crippen molar-refractivity contribution in [2.45, 2.75) is 11.9 Å². The van der Waals surface area contributed by atoms with Crippen LogP contribution in [0.2, 0.25) is 0 Å². The Bertz CT molecular complexity index is 915. The molecule has 0 saturated carbocycles. The molecule has 2 aromatic carbocycles. The number of methoxy groups -OCH3 is 1. The van der Waals surface area contributed by atoms with Gasteiger partial charge in [0.1, 0.15) is 30.2 Å². The molecular weight excluding hydrogens is 362 g/mol. The third-order valence-corrected chi connectivity index (χ3v) is 4.79. The minimum Gasteiger partial charge on any atom is -0.494 e. The highest BCUT2D eigenvalue weighted by atomic mass is 32.2. The standard InChI is InChI=1S/C21H21NO4S/c1-15-13-19(22-21-17(15)9-6-10-18(21)24-2)27-14-20(23)26-12-11-25-16-7-4-3-5-8-16/h3-10,13H,11-12,14H2,1-2H3. The maximum absolute atomic E-state index is 11.9. The fourth-order valence-corrected chi connectivity index (χ4v) is 3.37. The summed E-state index contributed by atoms with van der Waals surface area (Å²) in [6, 6.07) is 17.2. The number of rotatable bonds is 8. The van der Waals surface area contributed by atoms with E-state index in [1.54, 1.807) is 7.11 Å². The fourth-order valence-electron chi connectivity index (χ4n) is 2.61. The Kier molecular flexibility index (Phi) is 6.54. The van der Waals surface area contributed by atoms with Gasteiger partial charge in [-0.2, -0.15) is 0 Å². The summed E-state index contributed by atoms with van der Waals surface area (Å²) in [5.41, 5.74) is 1.89. The van der Waals surface area contributed by atoms with E-state index in [1.807, 2.05) is 61.5 Å². The van der Waals surface area contributed by atoms with Crippen LogP contribution in [0, 0.1) is 6.92 Å². The topological polar surface area (TPSA) is 57.7 Å². The van der Waals surface area contributed by atoms with E-state index < -0.39 is 0 Å². The van der Waals surface area contributed by atoms with Gasteiger partial charge in [-0.25, -0.2) is 4.98 Å².